The number of carbonyl (C=O) groups is 1. The molecule has 0 spiro atoms. The molecule has 1 fully saturated rings. The molecule has 3 N–H and O–H groups in total. The number of benzene rings is 1. The predicted octanol–water partition coefficient (Wildman–Crippen LogP) is 4.83. The second kappa shape index (κ2) is 8.98. The van der Waals surface area contributed by atoms with Crippen LogP contribution in [0.5, 0.6) is 0 Å². The van der Waals surface area contributed by atoms with Crippen molar-refractivity contribution in [2.45, 2.75) is 58.8 Å². The van der Waals surface area contributed by atoms with Crippen LogP contribution in [0.2, 0.25) is 0 Å². The van der Waals surface area contributed by atoms with Crippen molar-refractivity contribution in [3.8, 4) is 11.3 Å². The molecule has 5 nitrogen and oxygen atoms in total. The minimum Gasteiger partial charge on any atom is -0.399 e. The molecule has 1 amide bonds. The van der Waals surface area contributed by atoms with Gasteiger partial charge in [0.1, 0.15) is 0 Å². The average molecular weight is 367 g/mol. The molecule has 0 aliphatic heterocycles. The lowest BCUT2D eigenvalue weighted by Crippen LogP contribution is -2.20. The third kappa shape index (κ3) is 5.52. The number of aromatic nitrogens is 2. The van der Waals surface area contributed by atoms with Crippen molar-refractivity contribution in [1.82, 2.24) is 9.97 Å². The summed E-state index contributed by atoms with van der Waals surface area (Å²) in [4.78, 5) is 21.9. The van der Waals surface area contributed by atoms with Gasteiger partial charge in [0.25, 0.3) is 0 Å². The summed E-state index contributed by atoms with van der Waals surface area (Å²) in [6.45, 7) is 4.29. The fourth-order valence-electron chi connectivity index (χ4n) is 3.69. The predicted molar refractivity (Wildman–Crippen MR) is 110 cm³/mol. The molecule has 3 rings (SSSR count). The van der Waals surface area contributed by atoms with Gasteiger partial charge in [-0.3, -0.25) is 4.79 Å². The van der Waals surface area contributed by atoms with Gasteiger partial charge in [-0.05, 0) is 43.2 Å². The molecule has 1 heterocycles. The van der Waals surface area contributed by atoms with E-state index in [1.807, 2.05) is 24.3 Å². The SMILES string of the molecule is CC(C)Cc1nc(-c2ccc(N)cc2)cnc1NC(=O)CC1CCCCC1. The summed E-state index contributed by atoms with van der Waals surface area (Å²) in [7, 11) is 0. The Kier molecular flexibility index (Phi) is 6.43. The number of nitrogen functional groups attached to an aromatic ring is 1. The maximum Gasteiger partial charge on any atom is 0.225 e. The van der Waals surface area contributed by atoms with Gasteiger partial charge in [0.15, 0.2) is 5.82 Å². The molecule has 2 aromatic rings. The van der Waals surface area contributed by atoms with E-state index in [4.69, 9.17) is 10.7 Å². The summed E-state index contributed by atoms with van der Waals surface area (Å²) in [5.74, 6) is 1.59. The lowest BCUT2D eigenvalue weighted by atomic mass is 9.87. The van der Waals surface area contributed by atoms with Crippen molar-refractivity contribution in [2.75, 3.05) is 11.1 Å². The first-order valence-electron chi connectivity index (χ1n) is 10.0. The van der Waals surface area contributed by atoms with Crippen LogP contribution in [0.15, 0.2) is 30.5 Å². The molecule has 0 saturated heterocycles. The Hall–Kier alpha value is -2.43. The van der Waals surface area contributed by atoms with Crippen LogP contribution in [0, 0.1) is 11.8 Å². The zero-order valence-corrected chi connectivity index (χ0v) is 16.4. The van der Waals surface area contributed by atoms with E-state index < -0.39 is 0 Å². The summed E-state index contributed by atoms with van der Waals surface area (Å²) in [5, 5.41) is 3.02. The second-order valence-corrected chi connectivity index (χ2v) is 8.03. The topological polar surface area (TPSA) is 80.9 Å². The van der Waals surface area contributed by atoms with Crippen LogP contribution < -0.4 is 11.1 Å². The van der Waals surface area contributed by atoms with Crippen molar-refractivity contribution in [3.63, 3.8) is 0 Å². The van der Waals surface area contributed by atoms with Crippen LogP contribution in [0.3, 0.4) is 0 Å². The maximum atomic E-state index is 12.5. The van der Waals surface area contributed by atoms with Crippen molar-refractivity contribution < 1.29 is 4.79 Å². The fourth-order valence-corrected chi connectivity index (χ4v) is 3.69. The van der Waals surface area contributed by atoms with E-state index in [0.717, 1.165) is 41.9 Å². The van der Waals surface area contributed by atoms with Crippen LogP contribution in [0.1, 0.15) is 58.1 Å². The van der Waals surface area contributed by atoms with Crippen LogP contribution in [-0.2, 0) is 11.2 Å². The minimum absolute atomic E-state index is 0.0569. The maximum absolute atomic E-state index is 12.5. The van der Waals surface area contributed by atoms with Crippen molar-refractivity contribution in [1.29, 1.82) is 0 Å². The first-order chi connectivity index (χ1) is 13.0. The Morgan fingerprint density at radius 2 is 1.89 bits per heavy atom. The second-order valence-electron chi connectivity index (χ2n) is 8.03. The molecule has 144 valence electrons. The number of hydrogen-bond acceptors (Lipinski definition) is 4. The van der Waals surface area contributed by atoms with Gasteiger partial charge in [0.05, 0.1) is 17.6 Å². The summed E-state index contributed by atoms with van der Waals surface area (Å²) in [6.07, 6.45) is 9.19. The van der Waals surface area contributed by atoms with Crippen LogP contribution in [-0.4, -0.2) is 15.9 Å². The van der Waals surface area contributed by atoms with Crippen LogP contribution >= 0.6 is 0 Å². The summed E-state index contributed by atoms with van der Waals surface area (Å²) in [6, 6.07) is 7.61. The molecular weight excluding hydrogens is 336 g/mol. The highest BCUT2D eigenvalue weighted by Crippen LogP contribution is 2.27. The number of nitrogens with zero attached hydrogens (tertiary/aromatic N) is 2. The van der Waals surface area contributed by atoms with Gasteiger partial charge >= 0.3 is 0 Å². The van der Waals surface area contributed by atoms with Gasteiger partial charge < -0.3 is 11.1 Å². The van der Waals surface area contributed by atoms with E-state index in [1.165, 1.54) is 19.3 Å². The molecule has 0 bridgehead atoms. The number of carbonyl (C=O) groups excluding carboxylic acids is 1. The lowest BCUT2D eigenvalue weighted by molar-refractivity contribution is -0.117. The molecule has 1 aliphatic carbocycles. The number of hydrogen-bond donors (Lipinski definition) is 2. The lowest BCUT2D eigenvalue weighted by Gasteiger charge is -2.21. The van der Waals surface area contributed by atoms with E-state index in [2.05, 4.69) is 24.1 Å². The van der Waals surface area contributed by atoms with E-state index >= 15 is 0 Å². The quantitative estimate of drug-likeness (QED) is 0.717. The molecule has 0 atom stereocenters. The highest BCUT2D eigenvalue weighted by Gasteiger charge is 2.19. The van der Waals surface area contributed by atoms with E-state index in [1.54, 1.807) is 6.20 Å². The largest absolute Gasteiger partial charge is 0.399 e. The van der Waals surface area contributed by atoms with Gasteiger partial charge in [-0.1, -0.05) is 45.2 Å². The van der Waals surface area contributed by atoms with Crippen molar-refractivity contribution in [2.24, 2.45) is 11.8 Å². The van der Waals surface area contributed by atoms with Gasteiger partial charge in [0, 0.05) is 17.7 Å². The first kappa shape index (κ1) is 19.3. The van der Waals surface area contributed by atoms with Crippen molar-refractivity contribution >= 4 is 17.4 Å². The molecule has 0 unspecified atom stereocenters. The van der Waals surface area contributed by atoms with Gasteiger partial charge in [-0.15, -0.1) is 0 Å². The number of rotatable bonds is 6. The minimum atomic E-state index is 0.0569. The Balaban J connectivity index is 1.76. The van der Waals surface area contributed by atoms with E-state index in [-0.39, 0.29) is 5.91 Å². The standard InChI is InChI=1S/C22H30N4O/c1-15(2)12-19-22(26-21(27)13-16-6-4-3-5-7-16)24-14-20(25-19)17-8-10-18(23)11-9-17/h8-11,14-16H,3-7,12-13,23H2,1-2H3,(H,24,26,27). The van der Waals surface area contributed by atoms with Crippen molar-refractivity contribution in [3.05, 3.63) is 36.2 Å². The van der Waals surface area contributed by atoms with E-state index in [0.29, 0.717) is 24.1 Å². The summed E-state index contributed by atoms with van der Waals surface area (Å²) < 4.78 is 0. The van der Waals surface area contributed by atoms with Gasteiger partial charge in [0.2, 0.25) is 5.91 Å². The third-order valence-corrected chi connectivity index (χ3v) is 5.11. The Bertz CT molecular complexity index is 764. The number of amides is 1. The molecule has 1 aromatic carbocycles. The molecule has 27 heavy (non-hydrogen) atoms. The normalized spacial score (nSPS) is 15.1. The molecule has 0 radical (unpaired) electrons. The van der Waals surface area contributed by atoms with Crippen LogP contribution in [0.4, 0.5) is 11.5 Å². The Labute approximate surface area is 161 Å². The third-order valence-electron chi connectivity index (χ3n) is 5.11. The number of nitrogens with one attached hydrogen (secondary N) is 1. The number of nitrogens with two attached hydrogens (primary N) is 1. The molecule has 1 saturated carbocycles. The monoisotopic (exact) mass is 366 g/mol. The first-order valence-corrected chi connectivity index (χ1v) is 10.0. The van der Waals surface area contributed by atoms with E-state index in [9.17, 15) is 4.79 Å². The highest BCUT2D eigenvalue weighted by atomic mass is 16.1. The smallest absolute Gasteiger partial charge is 0.225 e. The van der Waals surface area contributed by atoms with Gasteiger partial charge in [-0.25, -0.2) is 9.97 Å². The Morgan fingerprint density at radius 1 is 1.19 bits per heavy atom. The Morgan fingerprint density at radius 3 is 2.56 bits per heavy atom. The number of anilines is 2. The molecule has 5 heteroatoms. The average Bonchev–Trinajstić information content (AvgIpc) is 2.64. The van der Waals surface area contributed by atoms with Gasteiger partial charge in [-0.2, -0.15) is 0 Å². The highest BCUT2D eigenvalue weighted by molar-refractivity contribution is 5.90. The molecule has 1 aromatic heterocycles. The fraction of sp³-hybridized carbons (Fsp3) is 0.500. The summed E-state index contributed by atoms with van der Waals surface area (Å²) >= 11 is 0. The molecular formula is C22H30N4O. The molecule has 1 aliphatic rings. The van der Waals surface area contributed by atoms with Crippen LogP contribution in [0.25, 0.3) is 11.3 Å². The summed E-state index contributed by atoms with van der Waals surface area (Å²) in [5.41, 5.74) is 9.12. The zero-order valence-electron chi connectivity index (χ0n) is 16.4. The zero-order chi connectivity index (χ0) is 19.2.